The molecule has 12 N–H and O–H groups in total. The van der Waals surface area contributed by atoms with E-state index in [0.717, 1.165) is 66.4 Å². The van der Waals surface area contributed by atoms with Crippen LogP contribution in [0.4, 0.5) is 21.0 Å². The van der Waals surface area contributed by atoms with Gasteiger partial charge in [-0.05, 0) is 138 Å². The number of nitrogens with one attached hydrogen (secondary N) is 6. The van der Waals surface area contributed by atoms with Crippen LogP contribution >= 0.6 is 0 Å². The number of anilines is 2. The fourth-order valence-electron chi connectivity index (χ4n) is 12.7. The summed E-state index contributed by atoms with van der Waals surface area (Å²) in [5, 5.41) is 38.6. The lowest BCUT2D eigenvalue weighted by molar-refractivity contribution is -0.158. The zero-order valence-corrected chi connectivity index (χ0v) is 59.3. The lowest BCUT2D eigenvalue weighted by Crippen LogP contribution is -2.57. The molecule has 0 saturated heterocycles. The highest BCUT2D eigenvalue weighted by Crippen LogP contribution is 2.47. The van der Waals surface area contributed by atoms with Gasteiger partial charge in [0.25, 0.3) is 0 Å². The molecule has 0 aromatic heterocycles. The van der Waals surface area contributed by atoms with E-state index in [4.69, 9.17) is 30.4 Å². The number of rotatable bonds is 28. The normalized spacial score (nSPS) is 14.4. The van der Waals surface area contributed by atoms with E-state index in [9.17, 15) is 48.6 Å². The number of nitrogens with zero attached hydrogens (tertiary/aromatic N) is 2. The van der Waals surface area contributed by atoms with Gasteiger partial charge in [-0.1, -0.05) is 97.1 Å². The fraction of sp³-hybridized carbons (Fsp3) is 0.368. The molecule has 0 aliphatic heterocycles. The summed E-state index contributed by atoms with van der Waals surface area (Å²) in [4.78, 5) is 170. The van der Waals surface area contributed by atoms with Crippen molar-refractivity contribution in [2.45, 2.75) is 141 Å². The first-order valence-corrected chi connectivity index (χ1v) is 33.9. The van der Waals surface area contributed by atoms with Gasteiger partial charge in [0, 0.05) is 49.4 Å². The van der Waals surface area contributed by atoms with Crippen LogP contribution in [0.15, 0.2) is 121 Å². The molecule has 28 heteroatoms. The summed E-state index contributed by atoms with van der Waals surface area (Å²) in [6, 6.07) is 26.2. The molecule has 0 unspecified atom stereocenters. The number of ketones is 2. The van der Waals surface area contributed by atoms with Crippen LogP contribution in [0, 0.1) is 0 Å². The number of phenols is 2. The van der Waals surface area contributed by atoms with Gasteiger partial charge in [-0.25, -0.2) is 9.59 Å². The number of hydrogen-bond acceptors (Lipinski definition) is 20. The smallest absolute Gasteiger partial charge is 0.410 e. The highest BCUT2D eigenvalue weighted by atomic mass is 16.6. The van der Waals surface area contributed by atoms with Gasteiger partial charge in [0.15, 0.2) is 0 Å². The average molecular weight is 1430 g/mol. The van der Waals surface area contributed by atoms with Crippen LogP contribution in [0.5, 0.6) is 11.5 Å². The quantitative estimate of drug-likeness (QED) is 0.0144. The predicted molar refractivity (Wildman–Crippen MR) is 381 cm³/mol. The lowest BCUT2D eigenvalue weighted by Gasteiger charge is -2.32. The van der Waals surface area contributed by atoms with Crippen LogP contribution in [0.2, 0.25) is 0 Å². The van der Waals surface area contributed by atoms with Gasteiger partial charge in [-0.3, -0.25) is 57.7 Å². The van der Waals surface area contributed by atoms with Crippen LogP contribution in [0.3, 0.4) is 0 Å². The predicted octanol–water partition coefficient (Wildman–Crippen LogP) is 6.39. The van der Waals surface area contributed by atoms with Crippen LogP contribution < -0.4 is 43.4 Å². The van der Waals surface area contributed by atoms with Crippen molar-refractivity contribution < 1.29 is 86.7 Å². The molecule has 6 aromatic rings. The van der Waals surface area contributed by atoms with Crippen LogP contribution in [0.25, 0.3) is 22.3 Å². The second-order valence-electron chi connectivity index (χ2n) is 27.6. The Morgan fingerprint density at radius 2 is 0.731 bits per heavy atom. The van der Waals surface area contributed by atoms with Crippen molar-refractivity contribution in [3.63, 3.8) is 0 Å². The van der Waals surface area contributed by atoms with Crippen molar-refractivity contribution in [3.8, 4) is 33.8 Å². The molecular weight excluding hydrogens is 1340 g/mol. The number of hydrogen-bond donors (Lipinski definition) is 10. The summed E-state index contributed by atoms with van der Waals surface area (Å²) in [5.74, 6) is -11.7. The van der Waals surface area contributed by atoms with Crippen LogP contribution in [-0.2, 0) is 57.3 Å². The van der Waals surface area contributed by atoms with E-state index in [1.807, 2.05) is 97.1 Å². The number of nitrogens with two attached hydrogens (primary N) is 2. The second-order valence-corrected chi connectivity index (χ2v) is 27.6. The molecule has 8 amide bonds. The van der Waals surface area contributed by atoms with E-state index in [0.29, 0.717) is 0 Å². The maximum absolute atomic E-state index is 15.1. The highest BCUT2D eigenvalue weighted by Gasteiger charge is 2.42. The molecule has 28 nitrogen and oxygen atoms in total. The first-order valence-electron chi connectivity index (χ1n) is 33.9. The number of primary amides is 2. The molecule has 0 heterocycles. The highest BCUT2D eigenvalue weighted by molar-refractivity contribution is 6.33. The maximum Gasteiger partial charge on any atom is 0.410 e. The number of fused-ring (bicyclic) bond motifs is 8. The topological polar surface area (TPSA) is 413 Å². The van der Waals surface area contributed by atoms with Gasteiger partial charge in [-0.15, -0.1) is 0 Å². The van der Waals surface area contributed by atoms with Crippen molar-refractivity contribution in [1.82, 2.24) is 31.1 Å². The Balaban J connectivity index is 1.07. The van der Waals surface area contributed by atoms with E-state index >= 15 is 19.2 Å². The van der Waals surface area contributed by atoms with Crippen molar-refractivity contribution in [2.24, 2.45) is 11.5 Å². The first-order chi connectivity index (χ1) is 49.1. The van der Waals surface area contributed by atoms with Gasteiger partial charge < -0.3 is 72.5 Å². The third kappa shape index (κ3) is 17.5. The number of amides is 8. The monoisotopic (exact) mass is 1430 g/mol. The number of phenolic OH excluding ortho intramolecular Hbond substituents is 2. The number of benzene rings is 6. The SMILES string of the molecule is C[C@H](NC(=O)[C@H](C)NC(=O)[C@H](CC(=O)OC(C)(C)C)N(CCNc1ccc(NCCN(C(=O)OCC2c3ccccc3-c3ccccc32)[C@@H](CC(=O)OC(C)(C)C)C(=O)N[C@@H](C)C(=O)N[C@@H](C)C(N)=O)c2c1C(=O)c1c(O)ccc(O)c1C2=O)C(=O)OCC1c2ccccc2-c2ccccc21)C(N)=O. The summed E-state index contributed by atoms with van der Waals surface area (Å²) in [6.07, 6.45) is -3.85. The number of carbonyl (C=O) groups is 12. The van der Waals surface area contributed by atoms with Crippen molar-refractivity contribution in [2.75, 3.05) is 50.0 Å². The average Bonchev–Trinajstić information content (AvgIpc) is 1.07. The Labute approximate surface area is 600 Å². The second kappa shape index (κ2) is 32.0. The molecular formula is C76H86N10O18. The Hall–Kier alpha value is -11.8. The molecule has 3 aliphatic rings. The van der Waals surface area contributed by atoms with Gasteiger partial charge in [-0.2, -0.15) is 0 Å². The molecule has 9 rings (SSSR count). The van der Waals surface area contributed by atoms with E-state index in [1.165, 1.54) is 39.8 Å². The van der Waals surface area contributed by atoms with Gasteiger partial charge in [0.1, 0.15) is 72.2 Å². The van der Waals surface area contributed by atoms with Gasteiger partial charge in [0.2, 0.25) is 47.0 Å². The standard InChI is InChI=1S/C76H86N10O18/c1-39(67(77)93)81-69(95)41(3)83-71(97)55(35-59(89)103-75(5,6)7)85(73(99)101-37-51-47-23-15-11-19-43(47)44-20-12-16-24-48(44)51)33-31-79-53-27-28-54(62-61(53)65(91)63-57(87)29-30-58(88)64(63)66(62)92)80-32-34-86(74(100)102-38-52-49-25-17-13-21-45(49)46-22-14-18-26-50(46)52)56(36-60(90)104-76(8,9)10)72(98)84-42(4)70(96)82-40(2)68(78)94/h11-30,39-42,51-52,55-56,79-80,87-88H,31-38H2,1-10H3,(H2,77,93)(H2,78,94)(H,81,95)(H,82,96)(H,83,97)(H,84,98)/t39-,40-,41-,42-,55-,56-/m0/s1. The van der Waals surface area contributed by atoms with Gasteiger partial charge >= 0.3 is 24.1 Å². The van der Waals surface area contributed by atoms with E-state index in [1.54, 1.807) is 41.5 Å². The molecule has 104 heavy (non-hydrogen) atoms. The third-order valence-corrected chi connectivity index (χ3v) is 17.7. The summed E-state index contributed by atoms with van der Waals surface area (Å²) in [7, 11) is 0. The van der Waals surface area contributed by atoms with Crippen molar-refractivity contribution in [1.29, 1.82) is 0 Å². The fourth-order valence-corrected chi connectivity index (χ4v) is 12.7. The Morgan fingerprint density at radius 1 is 0.433 bits per heavy atom. The number of ether oxygens (including phenoxy) is 4. The van der Waals surface area contributed by atoms with Crippen molar-refractivity contribution in [3.05, 3.63) is 166 Å². The summed E-state index contributed by atoms with van der Waals surface area (Å²) >= 11 is 0. The first kappa shape index (κ1) is 76.3. The minimum Gasteiger partial charge on any atom is -0.507 e. The summed E-state index contributed by atoms with van der Waals surface area (Å²) < 4.78 is 23.6. The Bertz CT molecular complexity index is 4030. The molecule has 0 bridgehead atoms. The molecule has 0 spiro atoms. The van der Waals surface area contributed by atoms with Crippen LogP contribution in [-0.4, -0.2) is 178 Å². The summed E-state index contributed by atoms with van der Waals surface area (Å²) in [6.45, 7) is 12.4. The van der Waals surface area contributed by atoms with Gasteiger partial charge in [0.05, 0.1) is 35.1 Å². The summed E-state index contributed by atoms with van der Waals surface area (Å²) in [5.41, 5.74) is 13.5. The van der Waals surface area contributed by atoms with Crippen LogP contribution in [0.1, 0.15) is 148 Å². The number of esters is 2. The molecule has 6 atom stereocenters. The van der Waals surface area contributed by atoms with E-state index < -0.39 is 192 Å². The largest absolute Gasteiger partial charge is 0.507 e. The molecule has 0 fully saturated rings. The molecule has 3 aliphatic carbocycles. The maximum atomic E-state index is 15.1. The molecule has 6 aromatic carbocycles. The molecule has 0 radical (unpaired) electrons. The Kier molecular flexibility index (Phi) is 23.5. The zero-order valence-electron chi connectivity index (χ0n) is 59.3. The Morgan fingerprint density at radius 3 is 1.03 bits per heavy atom. The molecule has 548 valence electrons. The minimum atomic E-state index is -1.80. The minimum absolute atomic E-state index is 0.107. The third-order valence-electron chi connectivity index (χ3n) is 17.7. The van der Waals surface area contributed by atoms with E-state index in [2.05, 4.69) is 31.9 Å². The number of carbonyl (C=O) groups excluding carboxylic acids is 12. The lowest BCUT2D eigenvalue weighted by atomic mass is 9.81. The zero-order chi connectivity index (χ0) is 75.8. The molecule has 0 saturated carbocycles. The van der Waals surface area contributed by atoms with E-state index in [-0.39, 0.29) is 35.7 Å². The number of aromatic hydroxyl groups is 2. The van der Waals surface area contributed by atoms with Crippen molar-refractivity contribution >= 4 is 82.5 Å².